The summed E-state index contributed by atoms with van der Waals surface area (Å²) < 4.78 is 6.11. The number of nitriles is 1. The first kappa shape index (κ1) is 9.73. The normalized spacial score (nSPS) is 42.4. The van der Waals surface area contributed by atoms with E-state index in [4.69, 9.17) is 10.00 Å². The van der Waals surface area contributed by atoms with Crippen LogP contribution in [-0.4, -0.2) is 11.2 Å². The minimum Gasteiger partial charge on any atom is -0.365 e. The van der Waals surface area contributed by atoms with Crippen LogP contribution < -0.4 is 0 Å². The molecule has 0 spiro atoms. The van der Waals surface area contributed by atoms with Crippen molar-refractivity contribution in [3.63, 3.8) is 0 Å². The lowest BCUT2D eigenvalue weighted by Crippen LogP contribution is -2.55. The van der Waals surface area contributed by atoms with Gasteiger partial charge in [0.2, 0.25) is 0 Å². The highest BCUT2D eigenvalue weighted by Gasteiger charge is 2.50. The van der Waals surface area contributed by atoms with Crippen molar-refractivity contribution in [3.05, 3.63) is 11.6 Å². The van der Waals surface area contributed by atoms with Crippen LogP contribution in [-0.2, 0) is 4.74 Å². The molecule has 0 aromatic heterocycles. The van der Waals surface area contributed by atoms with Crippen LogP contribution in [0, 0.1) is 17.2 Å². The molecular formula is C12H17NO. The Bertz CT molecular complexity index is 324. The topological polar surface area (TPSA) is 33.0 Å². The van der Waals surface area contributed by atoms with E-state index in [9.17, 15) is 0 Å². The minimum atomic E-state index is -0.173. The van der Waals surface area contributed by atoms with Gasteiger partial charge >= 0.3 is 0 Å². The molecule has 3 rings (SSSR count). The largest absolute Gasteiger partial charge is 0.365 e. The van der Waals surface area contributed by atoms with Gasteiger partial charge in [0.15, 0.2) is 0 Å². The van der Waals surface area contributed by atoms with Crippen LogP contribution in [0.5, 0.6) is 0 Å². The van der Waals surface area contributed by atoms with Crippen molar-refractivity contribution in [1.29, 1.82) is 5.26 Å². The van der Waals surface area contributed by atoms with Gasteiger partial charge in [-0.25, -0.2) is 0 Å². The molecule has 0 aromatic carbocycles. The molecule has 0 amide bonds. The molecule has 2 heterocycles. The molecular weight excluding hydrogens is 174 g/mol. The van der Waals surface area contributed by atoms with E-state index in [1.165, 1.54) is 12.0 Å². The number of hydrogen-bond donors (Lipinski definition) is 0. The second kappa shape index (κ2) is 2.84. The van der Waals surface area contributed by atoms with E-state index in [2.05, 4.69) is 26.8 Å². The number of allylic oxidation sites excluding steroid dienone is 1. The standard InChI is InChI=1S/C12H17NO/c1-11(2)9-4-6-12(3,14-11)10(8-9)5-7-13/h5,9H,4,6,8H2,1-3H3. The van der Waals surface area contributed by atoms with Crippen molar-refractivity contribution in [3.8, 4) is 6.07 Å². The van der Waals surface area contributed by atoms with Crippen molar-refractivity contribution in [2.75, 3.05) is 0 Å². The van der Waals surface area contributed by atoms with Gasteiger partial charge in [0.05, 0.1) is 17.3 Å². The molecule has 1 aliphatic carbocycles. The van der Waals surface area contributed by atoms with Gasteiger partial charge in [-0.3, -0.25) is 0 Å². The third-order valence-electron chi connectivity index (χ3n) is 3.83. The predicted molar refractivity (Wildman–Crippen MR) is 54.6 cm³/mol. The highest BCUT2D eigenvalue weighted by Crippen LogP contribution is 2.52. The second-order valence-corrected chi connectivity index (χ2v) is 5.17. The van der Waals surface area contributed by atoms with Crippen molar-refractivity contribution < 1.29 is 4.74 Å². The second-order valence-electron chi connectivity index (χ2n) is 5.17. The first-order chi connectivity index (χ1) is 6.48. The Hall–Kier alpha value is -0.810. The van der Waals surface area contributed by atoms with Crippen LogP contribution in [0.3, 0.4) is 0 Å². The minimum absolute atomic E-state index is 0.0141. The molecule has 2 saturated heterocycles. The molecule has 2 heteroatoms. The van der Waals surface area contributed by atoms with Gasteiger partial charge in [0.25, 0.3) is 0 Å². The van der Waals surface area contributed by atoms with E-state index >= 15 is 0 Å². The first-order valence-corrected chi connectivity index (χ1v) is 5.27. The maximum Gasteiger partial charge on any atom is 0.0912 e. The Morgan fingerprint density at radius 1 is 1.50 bits per heavy atom. The average Bonchev–Trinajstić information content (AvgIpc) is 2.06. The summed E-state index contributed by atoms with van der Waals surface area (Å²) in [4.78, 5) is 0. The van der Waals surface area contributed by atoms with Crippen LogP contribution in [0.1, 0.15) is 40.0 Å². The number of ether oxygens (including phenoxy) is 1. The number of hydrogen-bond acceptors (Lipinski definition) is 2. The van der Waals surface area contributed by atoms with Crippen molar-refractivity contribution in [2.24, 2.45) is 5.92 Å². The molecule has 76 valence electrons. The van der Waals surface area contributed by atoms with Crippen molar-refractivity contribution in [2.45, 2.75) is 51.2 Å². The molecule has 2 unspecified atom stereocenters. The van der Waals surface area contributed by atoms with E-state index < -0.39 is 0 Å². The number of fused-ring (bicyclic) bond motifs is 3. The fourth-order valence-electron chi connectivity index (χ4n) is 2.86. The highest BCUT2D eigenvalue weighted by atomic mass is 16.5. The van der Waals surface area contributed by atoms with Gasteiger partial charge in [0, 0.05) is 6.08 Å². The summed E-state index contributed by atoms with van der Waals surface area (Å²) in [6.07, 6.45) is 5.01. The van der Waals surface area contributed by atoms with Gasteiger partial charge in [-0.05, 0) is 51.5 Å². The van der Waals surface area contributed by atoms with E-state index in [1.54, 1.807) is 6.08 Å². The summed E-state index contributed by atoms with van der Waals surface area (Å²) in [6.45, 7) is 6.45. The Labute approximate surface area is 85.6 Å². The molecule has 2 bridgehead atoms. The molecule has 2 atom stereocenters. The Kier molecular flexibility index (Phi) is 1.97. The molecule has 2 aliphatic heterocycles. The predicted octanol–water partition coefficient (Wildman–Crippen LogP) is 2.80. The van der Waals surface area contributed by atoms with Gasteiger partial charge in [-0.15, -0.1) is 0 Å². The summed E-state index contributed by atoms with van der Waals surface area (Å²) >= 11 is 0. The van der Waals surface area contributed by atoms with Crippen LogP contribution in [0.4, 0.5) is 0 Å². The zero-order chi connectivity index (χ0) is 10.4. The number of rotatable bonds is 0. The Morgan fingerprint density at radius 2 is 2.21 bits per heavy atom. The fourth-order valence-corrected chi connectivity index (χ4v) is 2.86. The smallest absolute Gasteiger partial charge is 0.0912 e. The molecule has 0 radical (unpaired) electrons. The van der Waals surface area contributed by atoms with Gasteiger partial charge in [0.1, 0.15) is 0 Å². The highest BCUT2D eigenvalue weighted by molar-refractivity contribution is 5.28. The molecule has 3 fully saturated rings. The lowest BCUT2D eigenvalue weighted by molar-refractivity contribution is -0.201. The quantitative estimate of drug-likeness (QED) is 0.551. The Balaban J connectivity index is 2.34. The Morgan fingerprint density at radius 3 is 2.71 bits per heavy atom. The van der Waals surface area contributed by atoms with Crippen molar-refractivity contribution in [1.82, 2.24) is 0 Å². The molecule has 1 saturated carbocycles. The molecule has 3 aliphatic rings. The fraction of sp³-hybridized carbons (Fsp3) is 0.750. The SMILES string of the molecule is CC12CCC(CC1=CC#N)C(C)(C)O2. The van der Waals surface area contributed by atoms with Crippen LogP contribution in [0.2, 0.25) is 0 Å². The summed E-state index contributed by atoms with van der Waals surface area (Å²) in [7, 11) is 0. The summed E-state index contributed by atoms with van der Waals surface area (Å²) in [5, 5.41) is 8.71. The third kappa shape index (κ3) is 1.27. The third-order valence-corrected chi connectivity index (χ3v) is 3.83. The van der Waals surface area contributed by atoms with Gasteiger partial charge in [-0.2, -0.15) is 5.26 Å². The van der Waals surface area contributed by atoms with E-state index in [0.29, 0.717) is 5.92 Å². The molecule has 14 heavy (non-hydrogen) atoms. The van der Waals surface area contributed by atoms with E-state index in [1.807, 2.05) is 0 Å². The maximum atomic E-state index is 8.71. The molecule has 2 nitrogen and oxygen atoms in total. The average molecular weight is 191 g/mol. The lowest BCUT2D eigenvalue weighted by Gasteiger charge is -2.55. The molecule has 0 aromatic rings. The number of nitrogens with zero attached hydrogens (tertiary/aromatic N) is 1. The van der Waals surface area contributed by atoms with Crippen molar-refractivity contribution >= 4 is 0 Å². The van der Waals surface area contributed by atoms with Crippen LogP contribution >= 0.6 is 0 Å². The van der Waals surface area contributed by atoms with Crippen LogP contribution in [0.25, 0.3) is 0 Å². The summed E-state index contributed by atoms with van der Waals surface area (Å²) in [5.74, 6) is 0.587. The van der Waals surface area contributed by atoms with E-state index in [-0.39, 0.29) is 11.2 Å². The summed E-state index contributed by atoms with van der Waals surface area (Å²) in [5.41, 5.74) is 1.00. The first-order valence-electron chi connectivity index (χ1n) is 5.27. The zero-order valence-corrected chi connectivity index (χ0v) is 9.13. The maximum absolute atomic E-state index is 8.71. The van der Waals surface area contributed by atoms with Gasteiger partial charge in [-0.1, -0.05) is 0 Å². The monoisotopic (exact) mass is 191 g/mol. The zero-order valence-electron chi connectivity index (χ0n) is 9.13. The summed E-state index contributed by atoms with van der Waals surface area (Å²) in [6, 6.07) is 2.13. The lowest BCUT2D eigenvalue weighted by atomic mass is 9.66. The van der Waals surface area contributed by atoms with Gasteiger partial charge < -0.3 is 4.74 Å². The van der Waals surface area contributed by atoms with Crippen LogP contribution in [0.15, 0.2) is 11.6 Å². The molecule has 0 N–H and O–H groups in total. The van der Waals surface area contributed by atoms with E-state index in [0.717, 1.165) is 12.8 Å².